The molecule has 0 aromatic carbocycles. The van der Waals surface area contributed by atoms with Crippen molar-refractivity contribution in [3.63, 3.8) is 0 Å². The molecule has 12 nitrogen and oxygen atoms in total. The molecule has 0 aliphatic carbocycles. The molecule has 65 heavy (non-hydrogen) atoms. The van der Waals surface area contributed by atoms with Crippen molar-refractivity contribution in [1.82, 2.24) is 0 Å². The first-order valence-corrected chi connectivity index (χ1v) is 28.4. The molecule has 384 valence electrons. The minimum Gasteiger partial charge on any atom is -0.462 e. The van der Waals surface area contributed by atoms with Gasteiger partial charge in [-0.05, 0) is 38.5 Å². The lowest BCUT2D eigenvalue weighted by molar-refractivity contribution is -0.297. The van der Waals surface area contributed by atoms with Gasteiger partial charge in [-0.25, -0.2) is 0 Å². The van der Waals surface area contributed by atoms with E-state index in [1.807, 2.05) is 0 Å². The van der Waals surface area contributed by atoms with E-state index in [4.69, 9.17) is 18.9 Å². The zero-order valence-corrected chi connectivity index (χ0v) is 42.2. The molecule has 0 spiro atoms. The number of rotatable bonds is 46. The van der Waals surface area contributed by atoms with E-state index in [0.717, 1.165) is 44.9 Å². The van der Waals surface area contributed by atoms with Crippen LogP contribution in [0.1, 0.15) is 251 Å². The monoisotopic (exact) mass is 947 g/mol. The van der Waals surface area contributed by atoms with Crippen molar-refractivity contribution in [3.05, 3.63) is 12.2 Å². The first-order valence-electron chi connectivity index (χ1n) is 26.7. The van der Waals surface area contributed by atoms with Crippen LogP contribution in [0, 0.1) is 0 Å². The lowest BCUT2D eigenvalue weighted by atomic mass is 10.00. The Bertz CT molecular complexity index is 1250. The Morgan fingerprint density at radius 2 is 0.877 bits per heavy atom. The summed E-state index contributed by atoms with van der Waals surface area (Å²) in [4.78, 5) is 25.5. The maximum Gasteiger partial charge on any atom is 0.306 e. The summed E-state index contributed by atoms with van der Waals surface area (Å²) in [5.74, 6) is -1.97. The summed E-state index contributed by atoms with van der Waals surface area (Å²) in [5.41, 5.74) is 0. The minimum atomic E-state index is -4.60. The molecule has 0 aromatic heterocycles. The molecule has 6 atom stereocenters. The topological polar surface area (TPSA) is 186 Å². The summed E-state index contributed by atoms with van der Waals surface area (Å²) >= 11 is 0. The number of hydrogen-bond donors (Lipinski definition) is 4. The quantitative estimate of drug-likeness (QED) is 0.0196. The van der Waals surface area contributed by atoms with Crippen molar-refractivity contribution in [1.29, 1.82) is 0 Å². The lowest BCUT2D eigenvalue weighted by Gasteiger charge is -2.40. The van der Waals surface area contributed by atoms with E-state index in [2.05, 4.69) is 26.0 Å². The fourth-order valence-corrected chi connectivity index (χ4v) is 9.13. The molecule has 1 saturated heterocycles. The third-order valence-electron chi connectivity index (χ3n) is 12.6. The van der Waals surface area contributed by atoms with Gasteiger partial charge >= 0.3 is 11.9 Å². The minimum absolute atomic E-state index is 0.170. The normalized spacial score (nSPS) is 19.5. The van der Waals surface area contributed by atoms with Crippen LogP contribution in [0.4, 0.5) is 0 Å². The molecule has 1 rings (SSSR count). The zero-order valence-electron chi connectivity index (χ0n) is 41.4. The molecule has 13 heteroatoms. The molecule has 4 N–H and O–H groups in total. The highest BCUT2D eigenvalue weighted by Gasteiger charge is 2.46. The van der Waals surface area contributed by atoms with E-state index in [1.165, 1.54) is 167 Å². The number of allylic oxidation sites excluding steroid dienone is 2. The fraction of sp³-hybridized carbons (Fsp3) is 0.923. The van der Waals surface area contributed by atoms with E-state index in [9.17, 15) is 37.9 Å². The summed E-state index contributed by atoms with van der Waals surface area (Å²) in [6.07, 6.45) is 38.2. The predicted octanol–water partition coefficient (Wildman–Crippen LogP) is 12.2. The number of carbonyl (C=O) groups is 2. The molecule has 1 heterocycles. The Kier molecular flexibility index (Phi) is 40.1. The van der Waals surface area contributed by atoms with E-state index < -0.39 is 71.2 Å². The second-order valence-electron chi connectivity index (χ2n) is 18.9. The van der Waals surface area contributed by atoms with Gasteiger partial charge in [0.1, 0.15) is 36.8 Å². The van der Waals surface area contributed by atoms with Crippen LogP contribution in [0.5, 0.6) is 0 Å². The van der Waals surface area contributed by atoms with Crippen LogP contribution in [0.3, 0.4) is 0 Å². The molecule has 2 unspecified atom stereocenters. The summed E-state index contributed by atoms with van der Waals surface area (Å²) in [6, 6.07) is 0. The van der Waals surface area contributed by atoms with Gasteiger partial charge in [0.25, 0.3) is 10.1 Å². The first-order chi connectivity index (χ1) is 31.5. The van der Waals surface area contributed by atoms with Crippen LogP contribution in [-0.2, 0) is 38.7 Å². The zero-order chi connectivity index (χ0) is 47.6. The molecular weight excluding hydrogens is 849 g/mol. The standard InChI is InChI=1S/C52H98O12S/c1-3-5-7-9-11-13-15-17-19-21-22-23-25-27-29-31-33-35-37-39-41-48(54)63-45(43-62-52-51(57)50(56)49(55)46(64-52)44-65(58,59)60)42-61-47(53)40-38-36-34-32-30-28-26-24-20-18-16-14-12-10-8-6-4-2/h18,20,45-46,49-52,55-57H,3-17,19,21-44H2,1-2H3,(H,58,59,60)/b20-18+/t45-,46-,49-,50?,51?,52+/m1/s1. The molecule has 0 radical (unpaired) electrons. The highest BCUT2D eigenvalue weighted by atomic mass is 32.2. The molecule has 0 amide bonds. The van der Waals surface area contributed by atoms with Crippen LogP contribution in [0.25, 0.3) is 0 Å². The van der Waals surface area contributed by atoms with Gasteiger partial charge in [0, 0.05) is 12.8 Å². The number of unbranched alkanes of at least 4 members (excludes halogenated alkanes) is 32. The number of aliphatic hydroxyl groups excluding tert-OH is 3. The van der Waals surface area contributed by atoms with Crippen molar-refractivity contribution in [3.8, 4) is 0 Å². The molecule has 1 fully saturated rings. The number of hydrogen-bond acceptors (Lipinski definition) is 11. The largest absolute Gasteiger partial charge is 0.462 e. The number of aliphatic hydroxyl groups is 3. The molecule has 1 aliphatic rings. The van der Waals surface area contributed by atoms with Gasteiger partial charge in [-0.15, -0.1) is 0 Å². The smallest absolute Gasteiger partial charge is 0.306 e. The van der Waals surface area contributed by atoms with Gasteiger partial charge in [0.05, 0.1) is 6.61 Å². The molecular formula is C52H98O12S. The van der Waals surface area contributed by atoms with Gasteiger partial charge in [0.15, 0.2) is 12.4 Å². The van der Waals surface area contributed by atoms with Gasteiger partial charge in [-0.1, -0.05) is 212 Å². The highest BCUT2D eigenvalue weighted by molar-refractivity contribution is 7.85. The van der Waals surface area contributed by atoms with E-state index in [-0.39, 0.29) is 19.4 Å². The van der Waals surface area contributed by atoms with Crippen LogP contribution in [0.15, 0.2) is 12.2 Å². The van der Waals surface area contributed by atoms with Crippen LogP contribution >= 0.6 is 0 Å². The number of ether oxygens (including phenoxy) is 4. The van der Waals surface area contributed by atoms with Crippen LogP contribution in [-0.4, -0.2) is 96.0 Å². The lowest BCUT2D eigenvalue weighted by Crippen LogP contribution is -2.60. The molecule has 0 aromatic rings. The molecule has 1 aliphatic heterocycles. The van der Waals surface area contributed by atoms with E-state index in [0.29, 0.717) is 12.8 Å². The summed E-state index contributed by atoms with van der Waals surface area (Å²) < 4.78 is 54.3. The van der Waals surface area contributed by atoms with Crippen molar-refractivity contribution in [2.75, 3.05) is 19.0 Å². The summed E-state index contributed by atoms with van der Waals surface area (Å²) in [6.45, 7) is 3.80. The Balaban J connectivity index is 2.34. The molecule has 0 bridgehead atoms. The highest BCUT2D eigenvalue weighted by Crippen LogP contribution is 2.24. The maximum atomic E-state index is 12.9. The number of carbonyl (C=O) groups excluding carboxylic acids is 2. The average molecular weight is 947 g/mol. The Labute approximate surface area is 396 Å². The van der Waals surface area contributed by atoms with Crippen molar-refractivity contribution in [2.24, 2.45) is 0 Å². The SMILES string of the molecule is CCCCCCCC/C=C/CCCCCCCCCC(=O)OC[C@H](CO[C@H]1O[C@H](CS(=O)(=O)O)[C@@H](O)C(O)C1O)OC(=O)CCCCCCCCCCCCCCCCCCCCCC. The summed E-state index contributed by atoms with van der Waals surface area (Å²) in [5, 5.41) is 31.0. The summed E-state index contributed by atoms with van der Waals surface area (Å²) in [7, 11) is -4.60. The Hall–Kier alpha value is -1.61. The Morgan fingerprint density at radius 3 is 1.28 bits per heavy atom. The molecule has 0 saturated carbocycles. The fourth-order valence-electron chi connectivity index (χ4n) is 8.44. The van der Waals surface area contributed by atoms with Crippen molar-refractivity contribution >= 4 is 22.1 Å². The van der Waals surface area contributed by atoms with E-state index >= 15 is 0 Å². The van der Waals surface area contributed by atoms with E-state index in [1.54, 1.807) is 0 Å². The second-order valence-corrected chi connectivity index (χ2v) is 20.4. The first kappa shape index (κ1) is 61.4. The van der Waals surface area contributed by atoms with Crippen molar-refractivity contribution in [2.45, 2.75) is 288 Å². The Morgan fingerprint density at radius 1 is 0.508 bits per heavy atom. The van der Waals surface area contributed by atoms with Gasteiger partial charge < -0.3 is 34.3 Å². The van der Waals surface area contributed by atoms with Gasteiger partial charge in [-0.3, -0.25) is 14.1 Å². The third-order valence-corrected chi connectivity index (χ3v) is 13.3. The maximum absolute atomic E-state index is 12.9. The third kappa shape index (κ3) is 37.0. The van der Waals surface area contributed by atoms with Crippen LogP contribution < -0.4 is 0 Å². The van der Waals surface area contributed by atoms with Gasteiger partial charge in [0.2, 0.25) is 0 Å². The second kappa shape index (κ2) is 42.5. The van der Waals surface area contributed by atoms with Crippen molar-refractivity contribution < 1.29 is 56.8 Å². The van der Waals surface area contributed by atoms with Crippen LogP contribution in [0.2, 0.25) is 0 Å². The van der Waals surface area contributed by atoms with Gasteiger partial charge in [-0.2, -0.15) is 8.42 Å². The number of esters is 2. The average Bonchev–Trinajstić information content (AvgIpc) is 3.27. The predicted molar refractivity (Wildman–Crippen MR) is 261 cm³/mol.